The maximum atomic E-state index is 13.1. The van der Waals surface area contributed by atoms with Gasteiger partial charge in [0.2, 0.25) is 0 Å². The van der Waals surface area contributed by atoms with Gasteiger partial charge in [-0.15, -0.1) is 0 Å². The molecule has 7 nitrogen and oxygen atoms in total. The van der Waals surface area contributed by atoms with E-state index in [1.54, 1.807) is 12.1 Å². The molecule has 0 radical (unpaired) electrons. The summed E-state index contributed by atoms with van der Waals surface area (Å²) < 4.78 is 5.78. The van der Waals surface area contributed by atoms with Crippen molar-refractivity contribution in [2.24, 2.45) is 5.92 Å². The van der Waals surface area contributed by atoms with Gasteiger partial charge in [0.25, 0.3) is 5.91 Å². The molecule has 0 aliphatic carbocycles. The number of nitrogens with two attached hydrogens (primary N) is 1. The predicted molar refractivity (Wildman–Crippen MR) is 102 cm³/mol. The summed E-state index contributed by atoms with van der Waals surface area (Å²) in [5.41, 5.74) is 6.78. The fraction of sp³-hybridized carbons (Fsp3) is 0.350. The number of aryl methyl sites for hydroxylation is 1. The van der Waals surface area contributed by atoms with Gasteiger partial charge in [-0.05, 0) is 36.5 Å². The van der Waals surface area contributed by atoms with Gasteiger partial charge in [-0.25, -0.2) is 9.78 Å². The zero-order valence-electron chi connectivity index (χ0n) is 15.3. The predicted octanol–water partition coefficient (Wildman–Crippen LogP) is 2.50. The maximum Gasteiger partial charge on any atom is 0.326 e. The number of hydrogen-bond donors (Lipinski definition) is 2. The van der Waals surface area contributed by atoms with Crippen LogP contribution in [-0.4, -0.2) is 34.1 Å². The van der Waals surface area contributed by atoms with Crippen molar-refractivity contribution in [2.75, 3.05) is 10.6 Å². The molecular formula is C20H23N3O4. The monoisotopic (exact) mass is 369 g/mol. The van der Waals surface area contributed by atoms with E-state index >= 15 is 0 Å². The quantitative estimate of drug-likeness (QED) is 0.810. The Labute approximate surface area is 157 Å². The molecule has 1 amide bonds. The number of carboxylic acids is 1. The molecule has 142 valence electrons. The van der Waals surface area contributed by atoms with Gasteiger partial charge in [0, 0.05) is 0 Å². The third kappa shape index (κ3) is 3.86. The molecule has 0 bridgehead atoms. The summed E-state index contributed by atoms with van der Waals surface area (Å²) in [5, 5.41) is 9.85. The topological polar surface area (TPSA) is 106 Å². The fourth-order valence-corrected chi connectivity index (χ4v) is 3.18. The van der Waals surface area contributed by atoms with Crippen LogP contribution in [0.15, 0.2) is 42.5 Å². The lowest BCUT2D eigenvalue weighted by molar-refractivity contribution is -0.142. The lowest BCUT2D eigenvalue weighted by Crippen LogP contribution is -2.55. The molecule has 1 aromatic carbocycles. The van der Waals surface area contributed by atoms with Crippen molar-refractivity contribution < 1.29 is 19.4 Å². The lowest BCUT2D eigenvalue weighted by Gasteiger charge is -2.38. The minimum Gasteiger partial charge on any atom is -0.480 e. The van der Waals surface area contributed by atoms with Crippen molar-refractivity contribution in [3.8, 4) is 5.75 Å². The van der Waals surface area contributed by atoms with Gasteiger partial charge in [-0.3, -0.25) is 9.69 Å². The Kier molecular flexibility index (Phi) is 5.30. The van der Waals surface area contributed by atoms with Crippen LogP contribution >= 0.6 is 0 Å². The number of rotatable bonds is 6. The van der Waals surface area contributed by atoms with Crippen molar-refractivity contribution in [1.29, 1.82) is 0 Å². The van der Waals surface area contributed by atoms with Crippen LogP contribution in [0.1, 0.15) is 25.8 Å². The van der Waals surface area contributed by atoms with Crippen LogP contribution in [0.2, 0.25) is 0 Å². The Bertz CT molecular complexity index is 838. The number of carboxylic acid groups (broad SMARTS) is 1. The number of carbonyl (C=O) groups excluding carboxylic acids is 1. The Morgan fingerprint density at radius 1 is 1.26 bits per heavy atom. The molecule has 2 aromatic rings. The first-order valence-electron chi connectivity index (χ1n) is 8.91. The zero-order valence-corrected chi connectivity index (χ0v) is 15.3. The Balaban J connectivity index is 1.97. The zero-order chi connectivity index (χ0) is 19.6. The Hall–Kier alpha value is -3.09. The van der Waals surface area contributed by atoms with E-state index in [1.165, 1.54) is 4.90 Å². The number of benzene rings is 1. The van der Waals surface area contributed by atoms with Crippen LogP contribution in [0, 0.1) is 5.92 Å². The second-order valence-electron chi connectivity index (χ2n) is 6.93. The summed E-state index contributed by atoms with van der Waals surface area (Å²) in [4.78, 5) is 30.5. The number of carbonyl (C=O) groups is 2. The Morgan fingerprint density at radius 2 is 1.96 bits per heavy atom. The first-order valence-corrected chi connectivity index (χ1v) is 8.91. The molecule has 0 saturated carbocycles. The Morgan fingerprint density at radius 3 is 2.59 bits per heavy atom. The number of nitrogens with zero attached hydrogens (tertiary/aromatic N) is 2. The minimum absolute atomic E-state index is 0.116. The van der Waals surface area contributed by atoms with Crippen molar-refractivity contribution in [3.05, 3.63) is 48.0 Å². The number of anilines is 2. The highest BCUT2D eigenvalue weighted by molar-refractivity contribution is 6.03. The fourth-order valence-electron chi connectivity index (χ4n) is 3.18. The van der Waals surface area contributed by atoms with Gasteiger partial charge in [0.05, 0.1) is 0 Å². The van der Waals surface area contributed by atoms with Gasteiger partial charge in [0.1, 0.15) is 11.9 Å². The first kappa shape index (κ1) is 18.7. The van der Waals surface area contributed by atoms with Crippen LogP contribution in [0.4, 0.5) is 11.6 Å². The summed E-state index contributed by atoms with van der Waals surface area (Å²) in [6, 6.07) is 11.7. The summed E-state index contributed by atoms with van der Waals surface area (Å²) in [5.74, 6) is -0.875. The standard InChI is InChI=1S/C20H23N3O4/c1-12(2)17-19(24)23(18-15(27-17)10-11-16(21)22-18)14(20(25)26)9-8-13-6-4-3-5-7-13/h3-7,10-12,14,17H,8-9H2,1-2H3,(H2,21,22)(H,25,26). The molecule has 1 aliphatic rings. The highest BCUT2D eigenvalue weighted by atomic mass is 16.5. The molecule has 2 heterocycles. The number of aromatic nitrogens is 1. The molecule has 0 fully saturated rings. The van der Waals surface area contributed by atoms with E-state index in [2.05, 4.69) is 4.98 Å². The number of nitrogen functional groups attached to an aromatic ring is 1. The molecule has 0 spiro atoms. The molecule has 27 heavy (non-hydrogen) atoms. The highest BCUT2D eigenvalue weighted by Gasteiger charge is 2.43. The molecule has 3 rings (SSSR count). The van der Waals surface area contributed by atoms with Crippen LogP contribution in [0.25, 0.3) is 0 Å². The third-order valence-corrected chi connectivity index (χ3v) is 4.58. The number of fused-ring (bicyclic) bond motifs is 1. The van der Waals surface area contributed by atoms with E-state index in [4.69, 9.17) is 10.5 Å². The summed E-state index contributed by atoms with van der Waals surface area (Å²) in [6.45, 7) is 3.71. The maximum absolute atomic E-state index is 13.1. The van der Waals surface area contributed by atoms with E-state index in [-0.39, 0.29) is 24.0 Å². The molecule has 0 saturated heterocycles. The van der Waals surface area contributed by atoms with Crippen molar-refractivity contribution in [1.82, 2.24) is 4.98 Å². The molecule has 2 atom stereocenters. The lowest BCUT2D eigenvalue weighted by atomic mass is 9.99. The second kappa shape index (κ2) is 7.65. The highest BCUT2D eigenvalue weighted by Crippen LogP contribution is 2.36. The number of aliphatic carboxylic acids is 1. The number of ether oxygens (including phenoxy) is 1. The van der Waals surface area contributed by atoms with Gasteiger partial charge in [-0.1, -0.05) is 44.2 Å². The first-order chi connectivity index (χ1) is 12.9. The summed E-state index contributed by atoms with van der Waals surface area (Å²) >= 11 is 0. The largest absolute Gasteiger partial charge is 0.480 e. The minimum atomic E-state index is -1.08. The van der Waals surface area contributed by atoms with E-state index in [0.29, 0.717) is 12.2 Å². The van der Waals surface area contributed by atoms with Gasteiger partial charge in [-0.2, -0.15) is 0 Å². The van der Waals surface area contributed by atoms with Crippen molar-refractivity contribution in [2.45, 2.75) is 38.8 Å². The van der Waals surface area contributed by atoms with Crippen LogP contribution in [0.5, 0.6) is 5.75 Å². The van der Waals surface area contributed by atoms with Gasteiger partial charge in [0.15, 0.2) is 17.7 Å². The molecule has 1 aliphatic heterocycles. The average molecular weight is 369 g/mol. The molecule has 7 heteroatoms. The second-order valence-corrected chi connectivity index (χ2v) is 6.93. The molecule has 1 aromatic heterocycles. The molecule has 2 unspecified atom stereocenters. The van der Waals surface area contributed by atoms with E-state index in [9.17, 15) is 14.7 Å². The average Bonchev–Trinajstić information content (AvgIpc) is 2.63. The third-order valence-electron chi connectivity index (χ3n) is 4.58. The van der Waals surface area contributed by atoms with Crippen LogP contribution in [-0.2, 0) is 16.0 Å². The van der Waals surface area contributed by atoms with Gasteiger partial charge >= 0.3 is 5.97 Å². The van der Waals surface area contributed by atoms with Crippen molar-refractivity contribution in [3.63, 3.8) is 0 Å². The van der Waals surface area contributed by atoms with Crippen LogP contribution < -0.4 is 15.4 Å². The number of amides is 1. The summed E-state index contributed by atoms with van der Waals surface area (Å²) in [7, 11) is 0. The smallest absolute Gasteiger partial charge is 0.326 e. The SMILES string of the molecule is CC(C)C1Oc2ccc(N)nc2N(C(CCc2ccccc2)C(=O)O)C1=O. The van der Waals surface area contributed by atoms with Crippen molar-refractivity contribution >= 4 is 23.5 Å². The van der Waals surface area contributed by atoms with Crippen LogP contribution in [0.3, 0.4) is 0 Å². The van der Waals surface area contributed by atoms with E-state index in [1.807, 2.05) is 44.2 Å². The van der Waals surface area contributed by atoms with E-state index in [0.717, 1.165) is 5.56 Å². The van der Waals surface area contributed by atoms with E-state index < -0.39 is 24.0 Å². The molecule has 3 N–H and O–H groups in total. The molecular weight excluding hydrogens is 346 g/mol. The number of pyridine rings is 1. The van der Waals surface area contributed by atoms with Gasteiger partial charge < -0.3 is 15.6 Å². The normalized spacial score (nSPS) is 17.4. The number of hydrogen-bond acceptors (Lipinski definition) is 5. The summed E-state index contributed by atoms with van der Waals surface area (Å²) in [6.07, 6.45) is 0.0136.